The SMILES string of the molecule is C=CCO[C@@]12Oc3ccc(OC(=O)NCCCCCCCCCCCC)cc3[C@H]3[C@H](CCCCO)[C@@H](CCCCO)C=C(C(=NOCC)C[C@@H]1N(C)C(=O)Cc1cccc(OC)c1)[C@H]32. The normalized spacial score (nSPS) is 22.7. The molecular formula is C52H77N3O9. The number of nitrogens with zero attached hydrogens (tertiary/aromatic N) is 2. The quantitative estimate of drug-likeness (QED) is 0.0412. The first-order valence-electron chi connectivity index (χ1n) is 24.3. The summed E-state index contributed by atoms with van der Waals surface area (Å²) in [6, 6.07) is 12.4. The summed E-state index contributed by atoms with van der Waals surface area (Å²) >= 11 is 0. The number of aliphatic hydroxyl groups excluding tert-OH is 2. The molecule has 2 aromatic rings. The summed E-state index contributed by atoms with van der Waals surface area (Å²) in [5.41, 5.74) is 3.38. The number of likely N-dealkylation sites (N-methyl/N-ethyl adjacent to an activating group) is 1. The number of carbonyl (C=O) groups is 2. The van der Waals surface area contributed by atoms with Gasteiger partial charge in [0.05, 0.1) is 31.8 Å². The number of ether oxygens (including phenoxy) is 4. The average Bonchev–Trinajstić information content (AvgIpc) is 3.30. The van der Waals surface area contributed by atoms with E-state index in [2.05, 4.69) is 24.9 Å². The zero-order chi connectivity index (χ0) is 45.7. The first-order valence-corrected chi connectivity index (χ1v) is 24.3. The Balaban J connectivity index is 1.50. The summed E-state index contributed by atoms with van der Waals surface area (Å²) < 4.78 is 25.7. The lowest BCUT2D eigenvalue weighted by Gasteiger charge is -2.59. The van der Waals surface area contributed by atoms with Gasteiger partial charge in [0.25, 0.3) is 0 Å². The van der Waals surface area contributed by atoms with Crippen LogP contribution < -0.4 is 19.5 Å². The number of amides is 2. The van der Waals surface area contributed by atoms with Crippen molar-refractivity contribution in [2.75, 3.05) is 47.1 Å². The van der Waals surface area contributed by atoms with Gasteiger partial charge >= 0.3 is 6.09 Å². The van der Waals surface area contributed by atoms with E-state index < -0.39 is 23.8 Å². The second kappa shape index (κ2) is 26.5. The maximum absolute atomic E-state index is 14.5. The van der Waals surface area contributed by atoms with Gasteiger partial charge in [0.1, 0.15) is 29.9 Å². The molecule has 0 aromatic heterocycles. The fourth-order valence-corrected chi connectivity index (χ4v) is 10.1. The van der Waals surface area contributed by atoms with Crippen LogP contribution in [0.4, 0.5) is 4.79 Å². The lowest BCUT2D eigenvalue weighted by Crippen LogP contribution is -2.69. The minimum Gasteiger partial charge on any atom is -0.497 e. The number of benzene rings is 2. The van der Waals surface area contributed by atoms with Crippen molar-refractivity contribution < 1.29 is 43.6 Å². The highest BCUT2D eigenvalue weighted by molar-refractivity contribution is 6.03. The van der Waals surface area contributed by atoms with Crippen LogP contribution in [0, 0.1) is 17.8 Å². The maximum atomic E-state index is 14.5. The van der Waals surface area contributed by atoms with Crippen LogP contribution in [0.1, 0.15) is 140 Å². The Labute approximate surface area is 382 Å². The van der Waals surface area contributed by atoms with Crippen LogP contribution >= 0.6 is 0 Å². The van der Waals surface area contributed by atoms with Crippen LogP contribution in [0.3, 0.4) is 0 Å². The molecule has 3 aliphatic rings. The molecule has 2 aromatic carbocycles. The van der Waals surface area contributed by atoms with E-state index >= 15 is 0 Å². The fraction of sp³-hybridized carbons (Fsp3) is 0.635. The first kappa shape index (κ1) is 50.6. The van der Waals surface area contributed by atoms with Gasteiger partial charge < -0.3 is 44.2 Å². The van der Waals surface area contributed by atoms with Gasteiger partial charge in [0.2, 0.25) is 11.7 Å². The lowest BCUT2D eigenvalue weighted by atomic mass is 9.55. The van der Waals surface area contributed by atoms with Gasteiger partial charge in [-0.1, -0.05) is 107 Å². The maximum Gasteiger partial charge on any atom is 0.412 e. The van der Waals surface area contributed by atoms with Crippen LogP contribution in [0.5, 0.6) is 17.2 Å². The molecule has 1 saturated carbocycles. The van der Waals surface area contributed by atoms with Crippen LogP contribution in [0.2, 0.25) is 0 Å². The largest absolute Gasteiger partial charge is 0.497 e. The smallest absolute Gasteiger partial charge is 0.412 e. The number of unbranched alkanes of at least 4 members (excludes halogenated alkanes) is 11. The van der Waals surface area contributed by atoms with E-state index in [0.29, 0.717) is 49.7 Å². The zero-order valence-corrected chi connectivity index (χ0v) is 39.2. The van der Waals surface area contributed by atoms with Gasteiger partial charge in [-0.05, 0) is 92.3 Å². The molecule has 0 bridgehead atoms. The number of fused-ring (bicyclic) bond motifs is 2. The molecule has 0 saturated heterocycles. The third-order valence-electron chi connectivity index (χ3n) is 13.3. The molecule has 6 atom stereocenters. The molecule has 1 heterocycles. The third-order valence-corrected chi connectivity index (χ3v) is 13.3. The van der Waals surface area contributed by atoms with E-state index in [1.807, 2.05) is 43.3 Å². The number of carbonyl (C=O) groups excluding carboxylic acids is 2. The zero-order valence-electron chi connectivity index (χ0n) is 39.2. The van der Waals surface area contributed by atoms with E-state index in [1.165, 1.54) is 44.9 Å². The van der Waals surface area contributed by atoms with Crippen molar-refractivity contribution in [2.24, 2.45) is 22.9 Å². The number of oxime groups is 1. The summed E-state index contributed by atoms with van der Waals surface area (Å²) in [6.45, 7) is 9.41. The van der Waals surface area contributed by atoms with Gasteiger partial charge in [0, 0.05) is 44.7 Å². The number of rotatable bonds is 29. The standard InChI is InChI=1S/C52H77N3O9/c1-6-9-10-11-12-13-14-15-16-19-29-53-51(59)63-41-27-28-46-44(36-41)49-42(26-18-21-31-57)39(24-17-20-30-56)35-43-45(54-62-8-3)37-47(52(64-46,50(43)49)61-32-7-2)55(4)48(58)34-38-23-22-25-40(33-38)60-5/h7,22-23,25,27-28,33,35-36,39,42,47,49-50,56-57H,2,6,8-21,24,26,29-32,34,37H2,1,3-5H3,(H,53,59)/t39-,42+,47-,49+,50+,52+/m0/s1. The number of nitrogens with one attached hydrogen (secondary N) is 1. The molecule has 1 aliphatic heterocycles. The molecule has 12 heteroatoms. The molecule has 354 valence electrons. The second-order valence-electron chi connectivity index (χ2n) is 17.7. The van der Waals surface area contributed by atoms with Crippen LogP contribution in [0.25, 0.3) is 0 Å². The highest BCUT2D eigenvalue weighted by atomic mass is 16.7. The van der Waals surface area contributed by atoms with Crippen molar-refractivity contribution in [1.29, 1.82) is 0 Å². The number of methoxy groups -OCH3 is 1. The Hall–Kier alpha value is -4.39. The summed E-state index contributed by atoms with van der Waals surface area (Å²) in [4.78, 5) is 35.3. The highest BCUT2D eigenvalue weighted by Crippen LogP contribution is 2.61. The molecule has 0 unspecified atom stereocenters. The van der Waals surface area contributed by atoms with Gasteiger partial charge in [-0.3, -0.25) is 4.79 Å². The number of aliphatic hydroxyl groups is 2. The first-order chi connectivity index (χ1) is 31.2. The van der Waals surface area contributed by atoms with Gasteiger partial charge in [-0.2, -0.15) is 0 Å². The van der Waals surface area contributed by atoms with Crippen molar-refractivity contribution in [2.45, 2.75) is 147 Å². The van der Waals surface area contributed by atoms with Gasteiger partial charge in [-0.25, -0.2) is 4.79 Å². The molecule has 0 spiro atoms. The van der Waals surface area contributed by atoms with E-state index in [-0.39, 0.29) is 49.9 Å². The molecule has 2 aliphatic carbocycles. The molecule has 64 heavy (non-hydrogen) atoms. The van der Waals surface area contributed by atoms with Crippen molar-refractivity contribution in [3.05, 3.63) is 77.9 Å². The van der Waals surface area contributed by atoms with Crippen molar-refractivity contribution >= 4 is 17.7 Å². The predicted molar refractivity (Wildman–Crippen MR) is 252 cm³/mol. The Morgan fingerprint density at radius 3 is 2.33 bits per heavy atom. The topological polar surface area (TPSA) is 148 Å². The Kier molecular flexibility index (Phi) is 21.0. The van der Waals surface area contributed by atoms with Crippen LogP contribution in [-0.4, -0.2) is 91.8 Å². The molecule has 2 amide bonds. The average molecular weight is 888 g/mol. The Morgan fingerprint density at radius 1 is 0.922 bits per heavy atom. The number of hydrogen-bond donors (Lipinski definition) is 3. The summed E-state index contributed by atoms with van der Waals surface area (Å²) in [7, 11) is 3.41. The molecule has 5 rings (SSSR count). The summed E-state index contributed by atoms with van der Waals surface area (Å²) in [6.07, 6.45) is 20.7. The van der Waals surface area contributed by atoms with Crippen LogP contribution in [0.15, 0.2) is 71.9 Å². The van der Waals surface area contributed by atoms with Crippen molar-refractivity contribution in [3.63, 3.8) is 0 Å². The lowest BCUT2D eigenvalue weighted by molar-refractivity contribution is -0.255. The monoisotopic (exact) mass is 888 g/mol. The van der Waals surface area contributed by atoms with Gasteiger partial charge in [0.15, 0.2) is 0 Å². The second-order valence-corrected chi connectivity index (χ2v) is 17.7. The molecular weight excluding hydrogens is 811 g/mol. The highest BCUT2D eigenvalue weighted by Gasteiger charge is 2.65. The number of hydrogen-bond acceptors (Lipinski definition) is 10. The predicted octanol–water partition coefficient (Wildman–Crippen LogP) is 10.1. The van der Waals surface area contributed by atoms with E-state index in [9.17, 15) is 19.8 Å². The Bertz CT molecular complexity index is 1830. The minimum atomic E-state index is -1.37. The van der Waals surface area contributed by atoms with E-state index in [1.54, 1.807) is 31.2 Å². The molecule has 3 N–H and O–H groups in total. The van der Waals surface area contributed by atoms with E-state index in [4.69, 9.17) is 28.9 Å². The van der Waals surface area contributed by atoms with Crippen molar-refractivity contribution in [3.8, 4) is 17.2 Å². The Morgan fingerprint density at radius 2 is 1.64 bits per heavy atom. The fourth-order valence-electron chi connectivity index (χ4n) is 10.1. The summed E-state index contributed by atoms with van der Waals surface area (Å²) in [5, 5.41) is 27.5. The summed E-state index contributed by atoms with van der Waals surface area (Å²) in [5.74, 6) is -0.404. The van der Waals surface area contributed by atoms with Crippen molar-refractivity contribution in [1.82, 2.24) is 10.2 Å². The third kappa shape index (κ3) is 13.3. The molecule has 12 nitrogen and oxygen atoms in total. The minimum absolute atomic E-state index is 0.0404. The number of allylic oxidation sites excluding steroid dienone is 1. The molecule has 1 fully saturated rings. The van der Waals surface area contributed by atoms with E-state index in [0.717, 1.165) is 67.4 Å². The molecule has 0 radical (unpaired) electrons. The van der Waals surface area contributed by atoms with Gasteiger partial charge in [-0.15, -0.1) is 6.58 Å². The van der Waals surface area contributed by atoms with Crippen LogP contribution in [-0.2, 0) is 20.8 Å².